The van der Waals surface area contributed by atoms with Crippen molar-refractivity contribution in [3.05, 3.63) is 22.4 Å². The van der Waals surface area contributed by atoms with Crippen LogP contribution in [0.3, 0.4) is 0 Å². The molecule has 64 valence electrons. The van der Waals surface area contributed by atoms with Crippen molar-refractivity contribution in [3.8, 4) is 5.75 Å². The number of pyridine rings is 1. The third kappa shape index (κ3) is 1.73. The molecule has 4 nitrogen and oxygen atoms in total. The Morgan fingerprint density at radius 3 is 2.92 bits per heavy atom. The number of nitrogens with one attached hydrogen (secondary N) is 1. The molecule has 0 aliphatic heterocycles. The van der Waals surface area contributed by atoms with Gasteiger partial charge in [-0.05, 0) is 22.0 Å². The maximum Gasteiger partial charge on any atom is 0.273 e. The van der Waals surface area contributed by atoms with Crippen molar-refractivity contribution in [2.45, 2.75) is 0 Å². The van der Waals surface area contributed by atoms with Crippen molar-refractivity contribution < 1.29 is 9.90 Å². The Bertz CT molecular complexity index is 314. The molecule has 0 saturated heterocycles. The first-order valence-corrected chi connectivity index (χ1v) is 4.01. The average Bonchev–Trinajstić information content (AvgIpc) is 2.03. The van der Waals surface area contributed by atoms with E-state index < -0.39 is 5.91 Å². The highest BCUT2D eigenvalue weighted by Crippen LogP contribution is 2.19. The fourth-order valence-corrected chi connectivity index (χ4v) is 1.04. The predicted octanol–water partition coefficient (Wildman–Crippen LogP) is 0.909. The first-order chi connectivity index (χ1) is 5.65. The normalized spacial score (nSPS) is 9.50. The van der Waals surface area contributed by atoms with Gasteiger partial charge < -0.3 is 10.4 Å². The summed E-state index contributed by atoms with van der Waals surface area (Å²) in [6.07, 6.45) is 1.45. The number of hydrogen-bond donors (Lipinski definition) is 2. The maximum atomic E-state index is 11.0. The molecule has 2 N–H and O–H groups in total. The topological polar surface area (TPSA) is 62.2 Å². The third-order valence-corrected chi connectivity index (χ3v) is 1.71. The molecule has 0 atom stereocenters. The zero-order chi connectivity index (χ0) is 9.14. The lowest BCUT2D eigenvalue weighted by Gasteiger charge is -2.01. The van der Waals surface area contributed by atoms with Crippen LogP contribution in [0, 0.1) is 0 Å². The molecule has 0 fully saturated rings. The van der Waals surface area contributed by atoms with Crippen LogP contribution in [-0.4, -0.2) is 23.0 Å². The molecule has 1 rings (SSSR count). The Morgan fingerprint density at radius 1 is 1.75 bits per heavy atom. The minimum absolute atomic E-state index is 0.0284. The minimum Gasteiger partial charge on any atom is -0.505 e. The van der Waals surface area contributed by atoms with Crippen LogP contribution >= 0.6 is 15.9 Å². The van der Waals surface area contributed by atoms with E-state index >= 15 is 0 Å². The largest absolute Gasteiger partial charge is 0.505 e. The first-order valence-electron chi connectivity index (χ1n) is 3.21. The second kappa shape index (κ2) is 3.53. The molecule has 0 radical (unpaired) electrons. The number of halogens is 1. The zero-order valence-corrected chi connectivity index (χ0v) is 7.92. The van der Waals surface area contributed by atoms with E-state index in [1.807, 2.05) is 0 Å². The van der Waals surface area contributed by atoms with Crippen LogP contribution in [0.4, 0.5) is 0 Å². The van der Waals surface area contributed by atoms with Crippen molar-refractivity contribution >= 4 is 21.8 Å². The molecule has 0 aliphatic rings. The van der Waals surface area contributed by atoms with E-state index in [1.54, 1.807) is 0 Å². The molecule has 0 bridgehead atoms. The zero-order valence-electron chi connectivity index (χ0n) is 6.34. The summed E-state index contributed by atoms with van der Waals surface area (Å²) in [5, 5.41) is 11.6. The SMILES string of the molecule is CNC(=O)c1ncc(Br)cc1O. The molecule has 0 aliphatic carbocycles. The highest BCUT2D eigenvalue weighted by Gasteiger charge is 2.10. The molecule has 1 aromatic heterocycles. The minimum atomic E-state index is -0.403. The smallest absolute Gasteiger partial charge is 0.273 e. The number of nitrogens with zero attached hydrogens (tertiary/aromatic N) is 1. The molecule has 1 heterocycles. The maximum absolute atomic E-state index is 11.0. The summed E-state index contributed by atoms with van der Waals surface area (Å²) in [7, 11) is 1.48. The molecule has 5 heteroatoms. The lowest BCUT2D eigenvalue weighted by Crippen LogP contribution is -2.19. The number of aromatic nitrogens is 1. The van der Waals surface area contributed by atoms with Gasteiger partial charge in [0.2, 0.25) is 0 Å². The molecule has 1 amide bonds. The van der Waals surface area contributed by atoms with Crippen LogP contribution in [0.25, 0.3) is 0 Å². The van der Waals surface area contributed by atoms with Gasteiger partial charge in [0, 0.05) is 17.7 Å². The second-order valence-electron chi connectivity index (χ2n) is 2.10. The molecule has 0 aromatic carbocycles. The quantitative estimate of drug-likeness (QED) is 0.755. The van der Waals surface area contributed by atoms with Gasteiger partial charge in [-0.2, -0.15) is 0 Å². The van der Waals surface area contributed by atoms with Crippen LogP contribution in [0.1, 0.15) is 10.5 Å². The van der Waals surface area contributed by atoms with E-state index in [0.717, 1.165) is 0 Å². The van der Waals surface area contributed by atoms with Gasteiger partial charge >= 0.3 is 0 Å². The summed E-state index contributed by atoms with van der Waals surface area (Å²) in [4.78, 5) is 14.7. The summed E-state index contributed by atoms with van der Waals surface area (Å²) in [5.74, 6) is -0.538. The summed E-state index contributed by atoms with van der Waals surface area (Å²) in [6, 6.07) is 1.41. The van der Waals surface area contributed by atoms with Gasteiger partial charge in [0.05, 0.1) is 0 Å². The number of carbonyl (C=O) groups is 1. The Kier molecular flexibility index (Phi) is 2.65. The first kappa shape index (κ1) is 8.99. The van der Waals surface area contributed by atoms with Crippen LogP contribution < -0.4 is 5.32 Å². The summed E-state index contributed by atoms with van der Waals surface area (Å²) in [6.45, 7) is 0. The van der Waals surface area contributed by atoms with Crippen LogP contribution in [-0.2, 0) is 0 Å². The van der Waals surface area contributed by atoms with Crippen molar-refractivity contribution in [2.24, 2.45) is 0 Å². The van der Waals surface area contributed by atoms with E-state index in [-0.39, 0.29) is 11.4 Å². The van der Waals surface area contributed by atoms with Gasteiger partial charge in [0.25, 0.3) is 5.91 Å². The second-order valence-corrected chi connectivity index (χ2v) is 3.02. The van der Waals surface area contributed by atoms with Gasteiger partial charge in [0.1, 0.15) is 5.75 Å². The van der Waals surface area contributed by atoms with Gasteiger partial charge in [0.15, 0.2) is 5.69 Å². The highest BCUT2D eigenvalue weighted by atomic mass is 79.9. The monoisotopic (exact) mass is 230 g/mol. The Morgan fingerprint density at radius 2 is 2.42 bits per heavy atom. The van der Waals surface area contributed by atoms with Crippen molar-refractivity contribution in [1.82, 2.24) is 10.3 Å². The van der Waals surface area contributed by atoms with Crippen LogP contribution in [0.5, 0.6) is 5.75 Å². The molecule has 0 spiro atoms. The summed E-state index contributed by atoms with van der Waals surface area (Å²) >= 11 is 3.11. The van der Waals surface area contributed by atoms with Crippen molar-refractivity contribution in [1.29, 1.82) is 0 Å². The van der Waals surface area contributed by atoms with Crippen molar-refractivity contribution in [2.75, 3.05) is 7.05 Å². The van der Waals surface area contributed by atoms with Gasteiger partial charge in [-0.3, -0.25) is 4.79 Å². The Balaban J connectivity index is 3.09. The van der Waals surface area contributed by atoms with Gasteiger partial charge in [-0.25, -0.2) is 4.98 Å². The van der Waals surface area contributed by atoms with E-state index in [4.69, 9.17) is 0 Å². The number of carbonyl (C=O) groups excluding carboxylic acids is 1. The highest BCUT2D eigenvalue weighted by molar-refractivity contribution is 9.10. The lowest BCUT2D eigenvalue weighted by molar-refractivity contribution is 0.0955. The lowest BCUT2D eigenvalue weighted by atomic mass is 10.3. The predicted molar refractivity (Wildman–Crippen MR) is 47.0 cm³/mol. The number of aromatic hydroxyl groups is 1. The van der Waals surface area contributed by atoms with Crippen LogP contribution in [0.15, 0.2) is 16.7 Å². The van der Waals surface area contributed by atoms with E-state index in [9.17, 15) is 9.90 Å². The van der Waals surface area contributed by atoms with Crippen molar-refractivity contribution in [3.63, 3.8) is 0 Å². The van der Waals surface area contributed by atoms with Gasteiger partial charge in [-0.15, -0.1) is 0 Å². The average molecular weight is 231 g/mol. The van der Waals surface area contributed by atoms with E-state index in [2.05, 4.69) is 26.2 Å². The number of hydrogen-bond acceptors (Lipinski definition) is 3. The molecular formula is C7H7BrN2O2. The fourth-order valence-electron chi connectivity index (χ4n) is 0.722. The van der Waals surface area contributed by atoms with Gasteiger partial charge in [-0.1, -0.05) is 0 Å². The van der Waals surface area contributed by atoms with Crippen LogP contribution in [0.2, 0.25) is 0 Å². The molecular weight excluding hydrogens is 224 g/mol. The molecule has 0 unspecified atom stereocenters. The third-order valence-electron chi connectivity index (χ3n) is 1.28. The standard InChI is InChI=1S/C7H7BrN2O2/c1-9-7(12)6-5(11)2-4(8)3-10-6/h2-3,11H,1H3,(H,9,12). The van der Waals surface area contributed by atoms with E-state index in [0.29, 0.717) is 4.47 Å². The summed E-state index contributed by atoms with van der Waals surface area (Å²) < 4.78 is 0.632. The number of amides is 1. The summed E-state index contributed by atoms with van der Waals surface area (Å²) in [5.41, 5.74) is 0.0284. The fraction of sp³-hybridized carbons (Fsp3) is 0.143. The Labute approximate surface area is 77.8 Å². The number of rotatable bonds is 1. The Hall–Kier alpha value is -1.10. The molecule has 0 saturated carbocycles. The molecule has 12 heavy (non-hydrogen) atoms. The van der Waals surface area contributed by atoms with E-state index in [1.165, 1.54) is 19.3 Å². The molecule has 1 aromatic rings.